The lowest BCUT2D eigenvalue weighted by molar-refractivity contribution is -0.129. The Morgan fingerprint density at radius 1 is 1.15 bits per heavy atom. The Morgan fingerprint density at radius 3 is 2.30 bits per heavy atom. The number of sulfone groups is 1. The molecule has 1 heterocycles. The second kappa shape index (κ2) is 5.83. The Bertz CT molecular complexity index is 590. The Balaban J connectivity index is 2.25. The summed E-state index contributed by atoms with van der Waals surface area (Å²) < 4.78 is 24.3. The molecule has 1 aliphatic rings. The number of hydrogen-bond donors (Lipinski definition) is 0. The average molecular weight is 296 g/mol. The molecule has 1 amide bonds. The van der Waals surface area contributed by atoms with Gasteiger partial charge in [-0.2, -0.15) is 0 Å². The van der Waals surface area contributed by atoms with Crippen molar-refractivity contribution in [2.24, 2.45) is 0 Å². The molecule has 0 spiro atoms. The summed E-state index contributed by atoms with van der Waals surface area (Å²) in [6, 6.07) is 7.09. The second-order valence-corrected chi connectivity index (χ2v) is 7.11. The van der Waals surface area contributed by atoms with Crippen LogP contribution in [0.1, 0.15) is 13.8 Å². The fourth-order valence-electron chi connectivity index (χ4n) is 2.40. The molecule has 0 aromatic heterocycles. The number of benzene rings is 1. The first kappa shape index (κ1) is 14.8. The topological polar surface area (TPSA) is 57.7 Å². The molecule has 20 heavy (non-hydrogen) atoms. The Labute approximate surface area is 120 Å². The number of hydrogen-bond acceptors (Lipinski definition) is 4. The molecule has 1 aromatic rings. The van der Waals surface area contributed by atoms with Crippen LogP contribution in [0.2, 0.25) is 0 Å². The highest BCUT2D eigenvalue weighted by molar-refractivity contribution is 7.91. The number of carbonyl (C=O) groups is 1. The third kappa shape index (κ3) is 2.95. The number of anilines is 1. The minimum atomic E-state index is -3.23. The zero-order valence-electron chi connectivity index (χ0n) is 11.9. The maximum Gasteiger partial charge on any atom is 0.219 e. The molecule has 2 rings (SSSR count). The van der Waals surface area contributed by atoms with E-state index in [9.17, 15) is 13.2 Å². The van der Waals surface area contributed by atoms with Crippen molar-refractivity contribution in [1.82, 2.24) is 4.90 Å². The number of para-hydroxylation sites is 1. The smallest absolute Gasteiger partial charge is 0.219 e. The van der Waals surface area contributed by atoms with Gasteiger partial charge in [0.05, 0.1) is 16.3 Å². The molecule has 1 saturated heterocycles. The van der Waals surface area contributed by atoms with Gasteiger partial charge in [0.25, 0.3) is 0 Å². The lowest BCUT2D eigenvalue weighted by atomic mass is 10.2. The van der Waals surface area contributed by atoms with Crippen molar-refractivity contribution >= 4 is 21.4 Å². The summed E-state index contributed by atoms with van der Waals surface area (Å²) in [4.78, 5) is 15.5. The number of carbonyl (C=O) groups excluding carboxylic acids is 1. The number of rotatable bonds is 3. The summed E-state index contributed by atoms with van der Waals surface area (Å²) in [5, 5.41) is 0. The third-order valence-electron chi connectivity index (χ3n) is 3.65. The van der Waals surface area contributed by atoms with Crippen molar-refractivity contribution in [2.45, 2.75) is 18.7 Å². The van der Waals surface area contributed by atoms with Crippen LogP contribution in [0.3, 0.4) is 0 Å². The van der Waals surface area contributed by atoms with Crippen molar-refractivity contribution in [3.63, 3.8) is 0 Å². The predicted molar refractivity (Wildman–Crippen MR) is 78.6 cm³/mol. The molecule has 0 radical (unpaired) electrons. The lowest BCUT2D eigenvalue weighted by Gasteiger charge is -2.36. The normalized spacial score (nSPS) is 16.3. The van der Waals surface area contributed by atoms with E-state index in [-0.39, 0.29) is 11.7 Å². The first-order chi connectivity index (χ1) is 9.45. The predicted octanol–water partition coefficient (Wildman–Crippen LogP) is 1.15. The molecule has 0 N–H and O–H groups in total. The van der Waals surface area contributed by atoms with E-state index in [1.165, 1.54) is 0 Å². The van der Waals surface area contributed by atoms with Crippen LogP contribution in [-0.2, 0) is 14.6 Å². The SMILES string of the molecule is CCS(=O)(=O)c1ccccc1N1CCN(C(C)=O)CC1. The fraction of sp³-hybridized carbons (Fsp3) is 0.500. The van der Waals surface area contributed by atoms with Crippen LogP contribution >= 0.6 is 0 Å². The number of piperazine rings is 1. The highest BCUT2D eigenvalue weighted by Crippen LogP contribution is 2.26. The maximum absolute atomic E-state index is 12.1. The van der Waals surface area contributed by atoms with Gasteiger partial charge < -0.3 is 9.80 Å². The van der Waals surface area contributed by atoms with E-state index in [4.69, 9.17) is 0 Å². The summed E-state index contributed by atoms with van der Waals surface area (Å²) in [5.41, 5.74) is 0.748. The van der Waals surface area contributed by atoms with Gasteiger partial charge in [0.1, 0.15) is 0 Å². The van der Waals surface area contributed by atoms with Gasteiger partial charge in [-0.1, -0.05) is 19.1 Å². The fourth-order valence-corrected chi connectivity index (χ4v) is 3.51. The molecule has 5 nitrogen and oxygen atoms in total. The molecule has 1 aromatic carbocycles. The highest BCUT2D eigenvalue weighted by atomic mass is 32.2. The van der Waals surface area contributed by atoms with Crippen LogP contribution in [0.15, 0.2) is 29.2 Å². The lowest BCUT2D eigenvalue weighted by Crippen LogP contribution is -2.48. The maximum atomic E-state index is 12.1. The van der Waals surface area contributed by atoms with E-state index < -0.39 is 9.84 Å². The van der Waals surface area contributed by atoms with E-state index in [0.717, 1.165) is 5.69 Å². The molecule has 1 fully saturated rings. The molecular formula is C14H20N2O3S. The quantitative estimate of drug-likeness (QED) is 0.839. The van der Waals surface area contributed by atoms with Crippen molar-refractivity contribution in [3.05, 3.63) is 24.3 Å². The van der Waals surface area contributed by atoms with E-state index in [0.29, 0.717) is 31.1 Å². The van der Waals surface area contributed by atoms with Gasteiger partial charge >= 0.3 is 0 Å². The zero-order chi connectivity index (χ0) is 14.8. The molecule has 0 saturated carbocycles. The van der Waals surface area contributed by atoms with E-state index in [2.05, 4.69) is 0 Å². The van der Waals surface area contributed by atoms with Crippen LogP contribution in [0, 0.1) is 0 Å². The molecule has 0 atom stereocenters. The summed E-state index contributed by atoms with van der Waals surface area (Å²) in [6.07, 6.45) is 0. The van der Waals surface area contributed by atoms with Crippen LogP contribution in [0.5, 0.6) is 0 Å². The van der Waals surface area contributed by atoms with Crippen LogP contribution in [0.25, 0.3) is 0 Å². The van der Waals surface area contributed by atoms with Crippen molar-refractivity contribution < 1.29 is 13.2 Å². The minimum Gasteiger partial charge on any atom is -0.367 e. The average Bonchev–Trinajstić information content (AvgIpc) is 2.47. The number of nitrogens with zero attached hydrogens (tertiary/aromatic N) is 2. The van der Waals surface area contributed by atoms with Gasteiger partial charge in [-0.15, -0.1) is 0 Å². The molecule has 110 valence electrons. The van der Waals surface area contributed by atoms with E-state index in [1.807, 2.05) is 17.0 Å². The highest BCUT2D eigenvalue weighted by Gasteiger charge is 2.24. The number of amides is 1. The molecular weight excluding hydrogens is 276 g/mol. The van der Waals surface area contributed by atoms with Crippen molar-refractivity contribution in [2.75, 3.05) is 36.8 Å². The zero-order valence-corrected chi connectivity index (χ0v) is 12.7. The summed E-state index contributed by atoms with van der Waals surface area (Å²) in [6.45, 7) is 5.81. The van der Waals surface area contributed by atoms with Gasteiger partial charge in [-0.3, -0.25) is 4.79 Å². The van der Waals surface area contributed by atoms with Gasteiger partial charge in [0.2, 0.25) is 5.91 Å². The van der Waals surface area contributed by atoms with E-state index in [1.54, 1.807) is 30.9 Å². The van der Waals surface area contributed by atoms with Crippen molar-refractivity contribution in [1.29, 1.82) is 0 Å². The Morgan fingerprint density at radius 2 is 1.75 bits per heavy atom. The van der Waals surface area contributed by atoms with E-state index >= 15 is 0 Å². The van der Waals surface area contributed by atoms with Gasteiger partial charge in [0, 0.05) is 33.1 Å². The molecule has 0 bridgehead atoms. The first-order valence-corrected chi connectivity index (χ1v) is 8.43. The summed E-state index contributed by atoms with van der Waals surface area (Å²) in [5.74, 6) is 0.163. The summed E-state index contributed by atoms with van der Waals surface area (Å²) >= 11 is 0. The van der Waals surface area contributed by atoms with Gasteiger partial charge in [0.15, 0.2) is 9.84 Å². The molecule has 1 aliphatic heterocycles. The monoisotopic (exact) mass is 296 g/mol. The summed E-state index contributed by atoms with van der Waals surface area (Å²) in [7, 11) is -3.23. The van der Waals surface area contributed by atoms with Crippen LogP contribution in [-0.4, -0.2) is 51.2 Å². The molecule has 0 aliphatic carbocycles. The van der Waals surface area contributed by atoms with Crippen LogP contribution < -0.4 is 4.90 Å². The minimum absolute atomic E-state index is 0.0686. The largest absolute Gasteiger partial charge is 0.367 e. The second-order valence-electron chi connectivity index (χ2n) is 4.86. The third-order valence-corrected chi connectivity index (χ3v) is 5.42. The first-order valence-electron chi connectivity index (χ1n) is 6.78. The molecule has 0 unspecified atom stereocenters. The van der Waals surface area contributed by atoms with Crippen molar-refractivity contribution in [3.8, 4) is 0 Å². The van der Waals surface area contributed by atoms with Crippen LogP contribution in [0.4, 0.5) is 5.69 Å². The standard InChI is InChI=1S/C14H20N2O3S/c1-3-20(18,19)14-7-5-4-6-13(14)16-10-8-15(9-11-16)12(2)17/h4-7H,3,8-11H2,1-2H3. The Kier molecular flexibility index (Phi) is 4.32. The Hall–Kier alpha value is -1.56. The van der Waals surface area contributed by atoms with Gasteiger partial charge in [-0.25, -0.2) is 8.42 Å². The molecule has 6 heteroatoms. The van der Waals surface area contributed by atoms with Gasteiger partial charge in [-0.05, 0) is 12.1 Å².